The van der Waals surface area contributed by atoms with E-state index < -0.39 is 184 Å². The summed E-state index contributed by atoms with van der Waals surface area (Å²) in [5.74, 6) is -6.18. The molecule has 0 aromatic heterocycles. The quantitative estimate of drug-likeness (QED) is 0.119. The summed E-state index contributed by atoms with van der Waals surface area (Å²) in [6.45, 7) is 31.2. The molecule has 0 aliphatic heterocycles. The Bertz CT molecular complexity index is 2670. The molecule has 0 unspecified atom stereocenters. The second-order valence-electron chi connectivity index (χ2n) is 31.3. The zero-order valence-corrected chi connectivity index (χ0v) is 71.6. The highest BCUT2D eigenvalue weighted by atomic mass is 31.2. The zero-order chi connectivity index (χ0) is 83.7. The van der Waals surface area contributed by atoms with Crippen LogP contribution in [0.2, 0.25) is 0 Å². The van der Waals surface area contributed by atoms with Gasteiger partial charge in [0.2, 0.25) is 0 Å². The number of hydrogen-bond donors (Lipinski definition) is 0. The molecule has 39 nitrogen and oxygen atoms in total. The van der Waals surface area contributed by atoms with Crippen LogP contribution >= 0.6 is 98.7 Å². The van der Waals surface area contributed by atoms with E-state index in [0.29, 0.717) is 0 Å². The summed E-state index contributed by atoms with van der Waals surface area (Å²) in [6, 6.07) is 0. The molecule has 0 saturated carbocycles. The van der Waals surface area contributed by atoms with Crippen LogP contribution in [0.4, 0.5) is 0 Å². The third-order valence-electron chi connectivity index (χ3n) is 16.0. The van der Waals surface area contributed by atoms with E-state index in [1.54, 1.807) is 0 Å². The summed E-state index contributed by atoms with van der Waals surface area (Å²) < 4.78 is 144. The molecule has 0 aromatic carbocycles. The van der Waals surface area contributed by atoms with Gasteiger partial charge < -0.3 is 187 Å². The first kappa shape index (κ1) is 139. The van der Waals surface area contributed by atoms with Gasteiger partial charge in [-0.2, -0.15) is 0 Å². The Kier molecular flexibility index (Phi) is 55.4. The summed E-state index contributed by atoms with van der Waals surface area (Å²) in [6.07, 6.45) is 0. The molecule has 0 fully saturated rings. The molecule has 0 aliphatic carbocycles. The molecule has 0 radical (unpaired) electrons. The molecule has 0 spiro atoms. The van der Waals surface area contributed by atoms with Crippen LogP contribution in [-0.4, -0.2) is 67.0 Å². The topological polar surface area (TPSA) is 821 Å². The monoisotopic (exact) mass is 1780 g/mol. The first-order chi connectivity index (χ1) is 40.3. The Morgan fingerprint density at radius 2 is 0.171 bits per heavy atom. The second-order valence-corrected chi connectivity index (χ2v) is 60.0. The Morgan fingerprint density at radius 1 is 0.133 bits per heavy atom. The molecule has 0 saturated heterocycles. The predicted molar refractivity (Wildman–Crippen MR) is 362 cm³/mol. The predicted octanol–water partition coefficient (Wildman–Crippen LogP) is -3.71. The first-order valence-electron chi connectivity index (χ1n) is 27.6. The van der Waals surface area contributed by atoms with Crippen LogP contribution in [0, 0.1) is 17.8 Å². The van der Waals surface area contributed by atoms with E-state index in [1.807, 2.05) is 0 Å². The molecule has 0 rings (SSSR count). The summed E-state index contributed by atoms with van der Waals surface area (Å²) in [5.41, 5.74) is 0. The summed E-state index contributed by atoms with van der Waals surface area (Å²) in [7, 11) is -67.4. The van der Waals surface area contributed by atoms with Crippen molar-refractivity contribution in [1.29, 1.82) is 0 Å². The van der Waals surface area contributed by atoms with Crippen LogP contribution < -0.4 is 127 Å². The van der Waals surface area contributed by atoms with Gasteiger partial charge in [0, 0.05) is 0 Å². The number of hydrogen-bond acceptors (Lipinski definition) is 39. The van der Waals surface area contributed by atoms with E-state index in [9.17, 15) is 187 Å². The van der Waals surface area contributed by atoms with Crippen LogP contribution in [0.1, 0.15) is 260 Å². The van der Waals surface area contributed by atoms with Gasteiger partial charge in [0.05, 0.1) is 0 Å². The minimum Gasteiger partial charge on any atom is -0.810 e. The molecule has 0 amide bonds. The summed E-state index contributed by atoms with van der Waals surface area (Å²) in [4.78, 5) is 288. The Labute approximate surface area is 626 Å². The number of rotatable bonds is 18. The lowest BCUT2D eigenvalue weighted by molar-refractivity contribution is -0.335. The maximum atomic E-state index is 11.5. The summed E-state index contributed by atoms with van der Waals surface area (Å²) >= 11 is 0. The Hall–Kier alpha value is 1.95. The second kappa shape index (κ2) is 41.9. The van der Waals surface area contributed by atoms with Crippen molar-refractivity contribution in [3.63, 3.8) is 0 Å². The molecule has 0 atom stereocenters. The molecule has 0 aliphatic rings. The zero-order valence-electron chi connectivity index (χ0n) is 60.0. The van der Waals surface area contributed by atoms with Crippen LogP contribution in [0.3, 0.4) is 0 Å². The third-order valence-corrected chi connectivity index (χ3v) is 37.6. The molecular weight excluding hydrogens is 1660 g/mol. The highest BCUT2D eigenvalue weighted by Crippen LogP contribution is 2.70. The molecule has 658 valence electrons. The fourth-order valence-corrected chi connectivity index (χ4v) is 18.8. The highest BCUT2D eigenvalue weighted by molar-refractivity contribution is 7.55. The van der Waals surface area contributed by atoms with Gasteiger partial charge in [-0.1, -0.05) is 358 Å². The average molecular weight is 1790 g/mol. The Morgan fingerprint density at radius 3 is 0.190 bits per heavy atom. The van der Waals surface area contributed by atoms with Crippen molar-refractivity contribution in [3.8, 4) is 0 Å². The van der Waals surface area contributed by atoms with Crippen molar-refractivity contribution >= 4 is 98.7 Å². The van der Waals surface area contributed by atoms with Gasteiger partial charge in [-0.3, -0.25) is 0 Å². The molecule has 52 heteroatoms. The van der Waals surface area contributed by atoms with Gasteiger partial charge in [0.1, 0.15) is 0 Å². The smallest absolute Gasteiger partial charge is 0.00304 e. The molecule has 0 aromatic rings. The minimum atomic E-state index is -5.55. The summed E-state index contributed by atoms with van der Waals surface area (Å²) in [5, 5.41) is -26.6. The Balaban J connectivity index is -0.0000000795. The van der Waals surface area contributed by atoms with Gasteiger partial charge in [-0.25, -0.2) is 0 Å². The van der Waals surface area contributed by atoms with E-state index in [-0.39, 0.29) is 52.0 Å². The van der Waals surface area contributed by atoms with Crippen molar-refractivity contribution in [2.24, 2.45) is 17.8 Å². The minimum absolute atomic E-state index is 0. The highest BCUT2D eigenvalue weighted by Gasteiger charge is 2.56. The third kappa shape index (κ3) is 38.3. The van der Waals surface area contributed by atoms with Gasteiger partial charge >= 0.3 is 0 Å². The van der Waals surface area contributed by atoms with E-state index in [4.69, 9.17) is 0 Å². The lowest BCUT2D eigenvalue weighted by atomic mass is 9.75. The lowest BCUT2D eigenvalue weighted by Gasteiger charge is -2.66. The van der Waals surface area contributed by atoms with Crippen molar-refractivity contribution in [1.82, 2.24) is 0 Å². The average Bonchev–Trinajstić information content (AvgIpc) is 3.17. The lowest BCUT2D eigenvalue weighted by Crippen LogP contribution is -2.61. The van der Waals surface area contributed by atoms with Crippen LogP contribution in [0.15, 0.2) is 0 Å². The van der Waals surface area contributed by atoms with Crippen LogP contribution in [-0.2, 0) is 59.3 Å². The first-order valence-corrected chi connectivity index (χ1v) is 47.7. The van der Waals surface area contributed by atoms with E-state index in [0.717, 1.165) is 125 Å². The van der Waals surface area contributed by atoms with E-state index >= 15 is 0 Å². The van der Waals surface area contributed by atoms with Gasteiger partial charge in [-0.15, -0.1) is 0 Å². The molecule has 0 heterocycles. The van der Waals surface area contributed by atoms with Gasteiger partial charge in [0.15, 0.2) is 0 Å². The van der Waals surface area contributed by atoms with Crippen molar-refractivity contribution in [3.05, 3.63) is 0 Å². The van der Waals surface area contributed by atoms with E-state index in [1.165, 1.54) is 83.1 Å². The van der Waals surface area contributed by atoms with E-state index in [2.05, 4.69) is 0 Å². The van der Waals surface area contributed by atoms with Crippen molar-refractivity contribution in [2.45, 2.75) is 327 Å². The standard InChI is InChI=1S/3C10H25O9P3.4C4H11O3P.7CH4/c3*1-8(2,20(11,12)13)7(9(3,4)21(14,15)16)10(5,6)22(17,18)19;4*1-4(2,3)8(5,6)7;;;;;;;/h3*7H,1-6H3,(H2,11,12,13)(H2,14,15,16)(H2,17,18,19);4*1-3H3,(H2,5,6,7);7*1H4/p-26. The maximum Gasteiger partial charge on any atom is -0.00304 e. The van der Waals surface area contributed by atoms with Crippen molar-refractivity contribution in [2.75, 3.05) is 0 Å². The van der Waals surface area contributed by atoms with Gasteiger partial charge in [-0.05, 0) is 84.8 Å². The van der Waals surface area contributed by atoms with Crippen molar-refractivity contribution < 1.29 is 187 Å². The molecular formula is C53H121O39P13-26. The molecule has 105 heavy (non-hydrogen) atoms. The normalized spacial score (nSPS) is 14.5. The largest absolute Gasteiger partial charge is 0.810 e. The van der Waals surface area contributed by atoms with Crippen LogP contribution in [0.5, 0.6) is 0 Å². The van der Waals surface area contributed by atoms with Crippen LogP contribution in [0.25, 0.3) is 0 Å². The maximum absolute atomic E-state index is 11.5. The van der Waals surface area contributed by atoms with Gasteiger partial charge in [0.25, 0.3) is 0 Å². The fraction of sp³-hybridized carbons (Fsp3) is 1.00. The SMILES string of the molecule is C.C.C.C.C.C.C.CC(C)(C(C(C)(C)P(=O)([O-])[O-])C(C)(C)P(=O)([O-])[O-])P(=O)([O-])[O-].CC(C)(C(C(C)(C)P(=O)([O-])[O-])C(C)(C)P(=O)([O-])[O-])P(=O)([O-])[O-].CC(C)(C(C(C)(C)P(=O)([O-])[O-])C(C)(C)P(=O)([O-])[O-])P(=O)([O-])[O-].CC(C)(C)P(=O)([O-])[O-].CC(C)(C)P(=O)([O-])[O-].CC(C)(C)P(=O)([O-])[O-].CC(C)(C)P(=O)([O-])[O-]. The molecule has 0 bridgehead atoms. The molecule has 0 N–H and O–H groups in total. The fourth-order valence-electron chi connectivity index (χ4n) is 9.20.